The van der Waals surface area contributed by atoms with Crippen LogP contribution in [0, 0.1) is 0 Å². The molecule has 1 N–H and O–H groups in total. The molecular formula is C20H19NO4. The molecule has 0 fully saturated rings. The summed E-state index contributed by atoms with van der Waals surface area (Å²) in [6, 6.07) is 13.8. The molecule has 5 heteroatoms. The third-order valence-electron chi connectivity index (χ3n) is 3.51. The molecule has 2 aromatic carbocycles. The lowest BCUT2D eigenvalue weighted by Crippen LogP contribution is -2.22. The molecule has 0 aliphatic heterocycles. The molecule has 2 rings (SSSR count). The van der Waals surface area contributed by atoms with Crippen LogP contribution in [0.15, 0.2) is 54.6 Å². The monoisotopic (exact) mass is 337 g/mol. The Morgan fingerprint density at radius 1 is 0.960 bits per heavy atom. The fraction of sp³-hybridized carbons (Fsp3) is 0.150. The van der Waals surface area contributed by atoms with E-state index in [0.29, 0.717) is 17.7 Å². The number of esters is 1. The van der Waals surface area contributed by atoms with Gasteiger partial charge in [-0.2, -0.15) is 0 Å². The number of rotatable bonds is 6. The Morgan fingerprint density at radius 2 is 1.56 bits per heavy atom. The Bertz CT molecular complexity index is 789. The van der Waals surface area contributed by atoms with E-state index in [1.54, 1.807) is 54.6 Å². The predicted octanol–water partition coefficient (Wildman–Crippen LogP) is 3.01. The average Bonchev–Trinajstić information content (AvgIpc) is 2.64. The largest absolute Gasteiger partial charge is 0.465 e. The highest BCUT2D eigenvalue weighted by molar-refractivity contribution is 5.95. The highest BCUT2D eigenvalue weighted by atomic mass is 16.5. The average molecular weight is 337 g/mol. The van der Waals surface area contributed by atoms with E-state index in [4.69, 9.17) is 0 Å². The Hall–Kier alpha value is -3.21. The van der Waals surface area contributed by atoms with Crippen molar-refractivity contribution >= 4 is 23.7 Å². The number of amides is 1. The molecule has 0 heterocycles. The zero-order valence-corrected chi connectivity index (χ0v) is 14.1. The SMILES string of the molecule is COC(=O)c1ccc(CNC(=O)c2ccc(/C=C/C(C)=O)cc2)cc1. The number of carbonyl (C=O) groups excluding carboxylic acids is 3. The number of ketones is 1. The first kappa shape index (κ1) is 18.1. The summed E-state index contributed by atoms with van der Waals surface area (Å²) in [5.74, 6) is -0.617. The van der Waals surface area contributed by atoms with Crippen molar-refractivity contribution in [2.24, 2.45) is 0 Å². The maximum absolute atomic E-state index is 12.2. The van der Waals surface area contributed by atoms with Crippen LogP contribution in [-0.2, 0) is 16.1 Å². The number of carbonyl (C=O) groups is 3. The minimum Gasteiger partial charge on any atom is -0.465 e. The van der Waals surface area contributed by atoms with E-state index in [0.717, 1.165) is 11.1 Å². The summed E-state index contributed by atoms with van der Waals surface area (Å²) in [4.78, 5) is 34.4. The summed E-state index contributed by atoms with van der Waals surface area (Å²) in [5, 5.41) is 2.82. The smallest absolute Gasteiger partial charge is 0.337 e. The van der Waals surface area contributed by atoms with Gasteiger partial charge in [-0.3, -0.25) is 9.59 Å². The van der Waals surface area contributed by atoms with Crippen LogP contribution in [0.1, 0.15) is 38.8 Å². The molecule has 0 aliphatic rings. The lowest BCUT2D eigenvalue weighted by molar-refractivity contribution is -0.112. The maximum Gasteiger partial charge on any atom is 0.337 e. The molecule has 0 atom stereocenters. The second-order valence-electron chi connectivity index (χ2n) is 5.44. The van der Waals surface area contributed by atoms with Gasteiger partial charge in [0.05, 0.1) is 12.7 Å². The molecule has 5 nitrogen and oxygen atoms in total. The Kier molecular flexibility index (Phi) is 6.23. The highest BCUT2D eigenvalue weighted by Gasteiger charge is 2.07. The molecule has 0 aliphatic carbocycles. The van der Waals surface area contributed by atoms with Crippen LogP contribution in [-0.4, -0.2) is 24.8 Å². The molecule has 0 aromatic heterocycles. The lowest BCUT2D eigenvalue weighted by atomic mass is 10.1. The van der Waals surface area contributed by atoms with Crippen molar-refractivity contribution in [2.45, 2.75) is 13.5 Å². The number of nitrogens with one attached hydrogen (secondary N) is 1. The zero-order chi connectivity index (χ0) is 18.2. The Balaban J connectivity index is 1.93. The highest BCUT2D eigenvalue weighted by Crippen LogP contribution is 2.08. The number of hydrogen-bond donors (Lipinski definition) is 1. The molecule has 0 unspecified atom stereocenters. The van der Waals surface area contributed by atoms with Gasteiger partial charge in [-0.25, -0.2) is 4.79 Å². The normalized spacial score (nSPS) is 10.5. The summed E-state index contributed by atoms with van der Waals surface area (Å²) in [7, 11) is 1.33. The van der Waals surface area contributed by atoms with Gasteiger partial charge in [0.25, 0.3) is 5.91 Å². The van der Waals surface area contributed by atoms with Gasteiger partial charge in [0, 0.05) is 12.1 Å². The predicted molar refractivity (Wildman–Crippen MR) is 95.1 cm³/mol. The number of benzene rings is 2. The van der Waals surface area contributed by atoms with Gasteiger partial charge in [0.2, 0.25) is 0 Å². The van der Waals surface area contributed by atoms with E-state index < -0.39 is 5.97 Å². The Morgan fingerprint density at radius 3 is 2.12 bits per heavy atom. The van der Waals surface area contributed by atoms with Gasteiger partial charge in [0.1, 0.15) is 0 Å². The Labute approximate surface area is 146 Å². The second-order valence-corrected chi connectivity index (χ2v) is 5.44. The number of ether oxygens (including phenoxy) is 1. The lowest BCUT2D eigenvalue weighted by Gasteiger charge is -2.06. The molecule has 0 radical (unpaired) electrons. The fourth-order valence-corrected chi connectivity index (χ4v) is 2.12. The van der Waals surface area contributed by atoms with Crippen LogP contribution >= 0.6 is 0 Å². The van der Waals surface area contributed by atoms with Gasteiger partial charge < -0.3 is 10.1 Å². The first-order valence-corrected chi connectivity index (χ1v) is 7.74. The van der Waals surface area contributed by atoms with E-state index in [1.165, 1.54) is 20.1 Å². The van der Waals surface area contributed by atoms with Crippen LogP contribution in [0.3, 0.4) is 0 Å². The second kappa shape index (κ2) is 8.59. The van der Waals surface area contributed by atoms with Crippen LogP contribution in [0.25, 0.3) is 6.08 Å². The van der Waals surface area contributed by atoms with Gasteiger partial charge in [-0.05, 0) is 48.4 Å². The number of methoxy groups -OCH3 is 1. The molecule has 1 amide bonds. The number of hydrogen-bond acceptors (Lipinski definition) is 4. The molecule has 25 heavy (non-hydrogen) atoms. The maximum atomic E-state index is 12.2. The van der Waals surface area contributed by atoms with E-state index in [2.05, 4.69) is 10.1 Å². The van der Waals surface area contributed by atoms with Crippen molar-refractivity contribution < 1.29 is 19.1 Å². The van der Waals surface area contributed by atoms with Crippen LogP contribution in [0.4, 0.5) is 0 Å². The zero-order valence-electron chi connectivity index (χ0n) is 14.1. The molecule has 0 spiro atoms. The molecule has 0 saturated heterocycles. The minimum absolute atomic E-state index is 0.0277. The van der Waals surface area contributed by atoms with E-state index in [1.807, 2.05) is 0 Å². The van der Waals surface area contributed by atoms with E-state index >= 15 is 0 Å². The van der Waals surface area contributed by atoms with Crippen molar-refractivity contribution in [1.82, 2.24) is 5.32 Å². The standard InChI is InChI=1S/C20H19NO4/c1-14(22)3-4-15-5-9-17(10-6-15)19(23)21-13-16-7-11-18(12-8-16)20(24)25-2/h3-12H,13H2,1-2H3,(H,21,23)/b4-3+. The van der Waals surface area contributed by atoms with Gasteiger partial charge in [-0.1, -0.05) is 30.3 Å². The summed E-state index contributed by atoms with van der Waals surface area (Å²) >= 11 is 0. The van der Waals surface area contributed by atoms with E-state index in [-0.39, 0.29) is 11.7 Å². The van der Waals surface area contributed by atoms with Crippen molar-refractivity contribution in [3.05, 3.63) is 76.9 Å². The van der Waals surface area contributed by atoms with Crippen LogP contribution < -0.4 is 5.32 Å². The van der Waals surface area contributed by atoms with Crippen molar-refractivity contribution in [2.75, 3.05) is 7.11 Å². The van der Waals surface area contributed by atoms with E-state index in [9.17, 15) is 14.4 Å². The summed E-state index contributed by atoms with van der Waals surface area (Å²) in [6.45, 7) is 1.84. The topological polar surface area (TPSA) is 72.5 Å². The third kappa shape index (κ3) is 5.42. The fourth-order valence-electron chi connectivity index (χ4n) is 2.12. The number of allylic oxidation sites excluding steroid dienone is 1. The summed E-state index contributed by atoms with van der Waals surface area (Å²) in [5.41, 5.74) is 2.73. The molecule has 0 bridgehead atoms. The quantitative estimate of drug-likeness (QED) is 0.650. The molecule has 2 aromatic rings. The van der Waals surface area contributed by atoms with Crippen molar-refractivity contribution in [3.8, 4) is 0 Å². The minimum atomic E-state index is -0.394. The van der Waals surface area contributed by atoms with Gasteiger partial charge in [-0.15, -0.1) is 0 Å². The van der Waals surface area contributed by atoms with Crippen LogP contribution in [0.2, 0.25) is 0 Å². The van der Waals surface area contributed by atoms with Crippen molar-refractivity contribution in [1.29, 1.82) is 0 Å². The van der Waals surface area contributed by atoms with Gasteiger partial charge in [0.15, 0.2) is 5.78 Å². The first-order valence-electron chi connectivity index (χ1n) is 7.74. The summed E-state index contributed by atoms with van der Waals surface area (Å²) in [6.07, 6.45) is 3.18. The summed E-state index contributed by atoms with van der Waals surface area (Å²) < 4.78 is 4.64. The third-order valence-corrected chi connectivity index (χ3v) is 3.51. The first-order chi connectivity index (χ1) is 12.0. The molecule has 0 saturated carbocycles. The molecule has 128 valence electrons. The van der Waals surface area contributed by atoms with Crippen molar-refractivity contribution in [3.63, 3.8) is 0 Å². The van der Waals surface area contributed by atoms with Crippen LogP contribution in [0.5, 0.6) is 0 Å². The molecular weight excluding hydrogens is 318 g/mol. The van der Waals surface area contributed by atoms with Gasteiger partial charge >= 0.3 is 5.97 Å².